The Morgan fingerprint density at radius 1 is 1.30 bits per heavy atom. The van der Waals surface area contributed by atoms with Crippen molar-refractivity contribution in [3.63, 3.8) is 0 Å². The highest BCUT2D eigenvalue weighted by molar-refractivity contribution is 5.71. The second kappa shape index (κ2) is 8.59. The molecule has 0 bridgehead atoms. The molecule has 0 saturated heterocycles. The van der Waals surface area contributed by atoms with Gasteiger partial charge in [0, 0.05) is 18.3 Å². The molecule has 0 atom stereocenters. The Morgan fingerprint density at radius 2 is 1.95 bits per heavy atom. The highest BCUT2D eigenvalue weighted by atomic mass is 16.5. The van der Waals surface area contributed by atoms with Crippen molar-refractivity contribution in [2.24, 2.45) is 0 Å². The van der Waals surface area contributed by atoms with Crippen molar-refractivity contribution in [3.8, 4) is 0 Å². The number of benzene rings is 1. The van der Waals surface area contributed by atoms with Crippen LogP contribution in [0.1, 0.15) is 39.2 Å². The van der Waals surface area contributed by atoms with E-state index in [1.54, 1.807) is 0 Å². The average Bonchev–Trinajstić information content (AvgIpc) is 2.40. The summed E-state index contributed by atoms with van der Waals surface area (Å²) in [7, 11) is 0. The first-order valence-corrected chi connectivity index (χ1v) is 7.27. The molecule has 1 aromatic rings. The van der Waals surface area contributed by atoms with E-state index >= 15 is 0 Å². The molecule has 0 aliphatic carbocycles. The first-order valence-electron chi connectivity index (χ1n) is 7.27. The zero-order valence-corrected chi connectivity index (χ0v) is 12.8. The van der Waals surface area contributed by atoms with Gasteiger partial charge in [0.05, 0.1) is 13.2 Å². The van der Waals surface area contributed by atoms with E-state index in [-0.39, 0.29) is 12.0 Å². The molecule has 0 aromatic heterocycles. The number of hydrogen-bond donors (Lipinski definition) is 1. The van der Waals surface area contributed by atoms with Gasteiger partial charge < -0.3 is 10.5 Å². The van der Waals surface area contributed by atoms with Crippen molar-refractivity contribution in [1.29, 1.82) is 0 Å². The molecule has 4 nitrogen and oxygen atoms in total. The van der Waals surface area contributed by atoms with E-state index < -0.39 is 0 Å². The number of rotatable bonds is 8. The van der Waals surface area contributed by atoms with E-state index in [0.29, 0.717) is 13.2 Å². The summed E-state index contributed by atoms with van der Waals surface area (Å²) in [5.74, 6) is -0.150. The van der Waals surface area contributed by atoms with Crippen molar-refractivity contribution in [1.82, 2.24) is 4.90 Å². The predicted octanol–water partition coefficient (Wildman–Crippen LogP) is 2.82. The van der Waals surface area contributed by atoms with Gasteiger partial charge in [0.2, 0.25) is 0 Å². The summed E-state index contributed by atoms with van der Waals surface area (Å²) in [6.07, 6.45) is 1.96. The van der Waals surface area contributed by atoms with Crippen LogP contribution in [0.3, 0.4) is 0 Å². The third kappa shape index (κ3) is 6.06. The van der Waals surface area contributed by atoms with Crippen LogP contribution in [0.5, 0.6) is 0 Å². The van der Waals surface area contributed by atoms with Gasteiger partial charge in [0.25, 0.3) is 0 Å². The molecule has 112 valence electrons. The maximum atomic E-state index is 11.8. The zero-order valence-electron chi connectivity index (χ0n) is 12.8. The summed E-state index contributed by atoms with van der Waals surface area (Å²) >= 11 is 0. The summed E-state index contributed by atoms with van der Waals surface area (Å²) in [5.41, 5.74) is 7.58. The van der Waals surface area contributed by atoms with E-state index in [2.05, 4.69) is 25.7 Å². The number of ether oxygens (including phenoxy) is 1. The molecule has 0 unspecified atom stereocenters. The summed E-state index contributed by atoms with van der Waals surface area (Å²) in [6, 6.07) is 8.03. The molecule has 0 saturated carbocycles. The van der Waals surface area contributed by atoms with Gasteiger partial charge in [-0.2, -0.15) is 0 Å². The lowest BCUT2D eigenvalue weighted by Gasteiger charge is -2.25. The summed E-state index contributed by atoms with van der Waals surface area (Å²) in [5, 5.41) is 0. The van der Waals surface area contributed by atoms with Crippen LogP contribution in [0.2, 0.25) is 0 Å². The Labute approximate surface area is 121 Å². The van der Waals surface area contributed by atoms with Crippen molar-refractivity contribution < 1.29 is 9.53 Å². The largest absolute Gasteiger partial charge is 0.465 e. The fourth-order valence-corrected chi connectivity index (χ4v) is 1.82. The van der Waals surface area contributed by atoms with Crippen LogP contribution in [-0.4, -0.2) is 30.1 Å². The van der Waals surface area contributed by atoms with Crippen LogP contribution in [0.4, 0.5) is 5.69 Å². The molecular weight excluding hydrogens is 252 g/mol. The monoisotopic (exact) mass is 278 g/mol. The Balaban J connectivity index is 2.52. The van der Waals surface area contributed by atoms with Crippen molar-refractivity contribution in [3.05, 3.63) is 29.8 Å². The third-order valence-electron chi connectivity index (χ3n) is 3.19. The lowest BCUT2D eigenvalue weighted by molar-refractivity contribution is -0.145. The molecule has 0 heterocycles. The van der Waals surface area contributed by atoms with Crippen LogP contribution in [0.25, 0.3) is 0 Å². The Hall–Kier alpha value is -1.55. The van der Waals surface area contributed by atoms with Crippen LogP contribution < -0.4 is 5.73 Å². The molecule has 0 spiro atoms. The number of carbonyl (C=O) groups excluding carboxylic acids is 1. The number of anilines is 1. The van der Waals surface area contributed by atoms with Crippen LogP contribution in [0.15, 0.2) is 24.3 Å². The maximum Gasteiger partial charge on any atom is 0.320 e. The standard InChI is InChI=1S/C16H26N2O2/c1-4-5-10-20-16(19)12-18(13(2)3)11-14-6-8-15(17)9-7-14/h6-9,13H,4-5,10-12,17H2,1-3H3. The summed E-state index contributed by atoms with van der Waals surface area (Å²) in [4.78, 5) is 13.9. The number of nitrogens with zero attached hydrogens (tertiary/aromatic N) is 1. The third-order valence-corrected chi connectivity index (χ3v) is 3.19. The Kier molecular flexibility index (Phi) is 7.09. The summed E-state index contributed by atoms with van der Waals surface area (Å²) < 4.78 is 5.22. The van der Waals surface area contributed by atoms with Gasteiger partial charge in [0.15, 0.2) is 0 Å². The molecule has 20 heavy (non-hydrogen) atoms. The van der Waals surface area contributed by atoms with E-state index in [4.69, 9.17) is 10.5 Å². The average molecular weight is 278 g/mol. The summed E-state index contributed by atoms with van der Waals surface area (Å²) in [6.45, 7) is 7.80. The minimum absolute atomic E-state index is 0.150. The topological polar surface area (TPSA) is 55.6 Å². The van der Waals surface area contributed by atoms with Crippen molar-refractivity contribution in [2.75, 3.05) is 18.9 Å². The number of hydrogen-bond acceptors (Lipinski definition) is 4. The second-order valence-electron chi connectivity index (χ2n) is 5.31. The van der Waals surface area contributed by atoms with Gasteiger partial charge in [-0.05, 0) is 38.0 Å². The molecular formula is C16H26N2O2. The molecule has 0 fully saturated rings. The van der Waals surface area contributed by atoms with Crippen LogP contribution in [0, 0.1) is 0 Å². The lowest BCUT2D eigenvalue weighted by atomic mass is 10.1. The molecule has 1 aromatic carbocycles. The van der Waals surface area contributed by atoms with E-state index in [9.17, 15) is 4.79 Å². The van der Waals surface area contributed by atoms with Gasteiger partial charge in [-0.1, -0.05) is 25.5 Å². The number of esters is 1. The van der Waals surface area contributed by atoms with E-state index in [1.165, 1.54) is 0 Å². The lowest BCUT2D eigenvalue weighted by Crippen LogP contribution is -2.36. The second-order valence-corrected chi connectivity index (χ2v) is 5.31. The minimum Gasteiger partial charge on any atom is -0.465 e. The van der Waals surface area contributed by atoms with E-state index in [0.717, 1.165) is 30.6 Å². The zero-order chi connectivity index (χ0) is 15.0. The number of nitrogen functional groups attached to an aromatic ring is 1. The number of carbonyl (C=O) groups is 1. The molecule has 4 heteroatoms. The Morgan fingerprint density at radius 3 is 2.50 bits per heavy atom. The molecule has 0 aliphatic heterocycles. The predicted molar refractivity (Wildman–Crippen MR) is 82.3 cm³/mol. The smallest absolute Gasteiger partial charge is 0.320 e. The molecule has 1 rings (SSSR count). The molecule has 0 amide bonds. The highest BCUT2D eigenvalue weighted by Gasteiger charge is 2.15. The van der Waals surface area contributed by atoms with Gasteiger partial charge in [-0.3, -0.25) is 9.69 Å². The van der Waals surface area contributed by atoms with Crippen LogP contribution in [-0.2, 0) is 16.1 Å². The van der Waals surface area contributed by atoms with Gasteiger partial charge in [-0.25, -0.2) is 0 Å². The maximum absolute atomic E-state index is 11.8. The minimum atomic E-state index is -0.150. The van der Waals surface area contributed by atoms with Crippen molar-refractivity contribution in [2.45, 2.75) is 46.2 Å². The fraction of sp³-hybridized carbons (Fsp3) is 0.562. The number of unbranched alkanes of at least 4 members (excludes halogenated alkanes) is 1. The molecule has 2 N–H and O–H groups in total. The number of nitrogens with two attached hydrogens (primary N) is 1. The first kappa shape index (κ1) is 16.5. The van der Waals surface area contributed by atoms with Crippen LogP contribution >= 0.6 is 0 Å². The van der Waals surface area contributed by atoms with Crippen molar-refractivity contribution >= 4 is 11.7 Å². The SMILES string of the molecule is CCCCOC(=O)CN(Cc1ccc(N)cc1)C(C)C. The quantitative estimate of drug-likeness (QED) is 0.451. The van der Waals surface area contributed by atoms with Gasteiger partial charge in [0.1, 0.15) is 0 Å². The molecule has 0 radical (unpaired) electrons. The Bertz CT molecular complexity index is 401. The fourth-order valence-electron chi connectivity index (χ4n) is 1.82. The normalized spacial score (nSPS) is 11.1. The van der Waals surface area contributed by atoms with E-state index in [1.807, 2.05) is 24.3 Å². The molecule has 0 aliphatic rings. The van der Waals surface area contributed by atoms with Gasteiger partial charge >= 0.3 is 5.97 Å². The van der Waals surface area contributed by atoms with Gasteiger partial charge in [-0.15, -0.1) is 0 Å². The highest BCUT2D eigenvalue weighted by Crippen LogP contribution is 2.11. The first-order chi connectivity index (χ1) is 9.52.